The number of carbonyl (C=O) groups excluding carboxylic acids is 1. The lowest BCUT2D eigenvalue weighted by atomic mass is 10.1. The van der Waals surface area contributed by atoms with E-state index in [1.54, 1.807) is 7.11 Å². The lowest BCUT2D eigenvalue weighted by Gasteiger charge is -2.08. The van der Waals surface area contributed by atoms with Crippen LogP contribution in [0.4, 0.5) is 5.00 Å². The third kappa shape index (κ3) is 3.85. The third-order valence-electron chi connectivity index (χ3n) is 2.96. The Morgan fingerprint density at radius 1 is 1.38 bits per heavy atom. The summed E-state index contributed by atoms with van der Waals surface area (Å²) < 4.78 is 6.22. The van der Waals surface area contributed by atoms with Gasteiger partial charge >= 0.3 is 5.97 Å². The second kappa shape index (κ2) is 6.45. The second-order valence-corrected chi connectivity index (χ2v) is 5.71. The fourth-order valence-corrected chi connectivity index (χ4v) is 2.65. The quantitative estimate of drug-likeness (QED) is 0.714. The molecule has 21 heavy (non-hydrogen) atoms. The minimum atomic E-state index is -0.987. The number of rotatable bonds is 6. The molecule has 0 spiro atoms. The highest BCUT2D eigenvalue weighted by Gasteiger charge is 2.15. The van der Waals surface area contributed by atoms with Gasteiger partial charge in [0.05, 0.1) is 13.0 Å². The molecule has 2 aromatic rings. The molecule has 0 aliphatic heterocycles. The van der Waals surface area contributed by atoms with Gasteiger partial charge in [0.15, 0.2) is 0 Å². The summed E-state index contributed by atoms with van der Waals surface area (Å²) in [4.78, 5) is 22.3. The van der Waals surface area contributed by atoms with E-state index in [2.05, 4.69) is 10.9 Å². The fraction of sp³-hybridized carbons (Fsp3) is 0.286. The van der Waals surface area contributed by atoms with Gasteiger partial charge in [-0.15, -0.1) is 11.3 Å². The topological polar surface area (TPSA) is 87.7 Å². The van der Waals surface area contributed by atoms with Gasteiger partial charge in [0.1, 0.15) is 10.8 Å². The van der Waals surface area contributed by atoms with E-state index in [0.29, 0.717) is 0 Å². The van der Waals surface area contributed by atoms with Crippen LogP contribution in [0.5, 0.6) is 5.75 Å². The summed E-state index contributed by atoms with van der Waals surface area (Å²) in [7, 11) is 1.61. The molecule has 1 aromatic carbocycles. The van der Waals surface area contributed by atoms with E-state index in [1.165, 1.54) is 18.3 Å². The van der Waals surface area contributed by atoms with Gasteiger partial charge in [0.2, 0.25) is 5.91 Å². The van der Waals surface area contributed by atoms with Crippen molar-refractivity contribution in [3.63, 3.8) is 0 Å². The number of nitrogens with one attached hydrogen (secondary N) is 2. The highest BCUT2D eigenvalue weighted by molar-refractivity contribution is 7.22. The van der Waals surface area contributed by atoms with Crippen LogP contribution in [0.3, 0.4) is 0 Å². The zero-order chi connectivity index (χ0) is 15.4. The first-order chi connectivity index (χ1) is 9.99. The Labute approximate surface area is 125 Å². The van der Waals surface area contributed by atoms with E-state index in [9.17, 15) is 9.59 Å². The first-order valence-electron chi connectivity index (χ1n) is 6.35. The van der Waals surface area contributed by atoms with Crippen molar-refractivity contribution in [2.24, 2.45) is 5.92 Å². The van der Waals surface area contributed by atoms with Crippen molar-refractivity contribution < 1.29 is 19.4 Å². The summed E-state index contributed by atoms with van der Waals surface area (Å²) in [6.07, 6.45) is -0.0684. The molecule has 112 valence electrons. The van der Waals surface area contributed by atoms with Crippen LogP contribution in [-0.2, 0) is 9.59 Å². The van der Waals surface area contributed by atoms with Crippen LogP contribution >= 0.6 is 11.3 Å². The molecule has 1 unspecified atom stereocenters. The molecule has 0 bridgehead atoms. The molecule has 0 radical (unpaired) electrons. The van der Waals surface area contributed by atoms with E-state index < -0.39 is 11.9 Å². The third-order valence-corrected chi connectivity index (χ3v) is 3.99. The number of aliphatic carboxylic acids is 1. The number of thiophene rings is 1. The van der Waals surface area contributed by atoms with Crippen LogP contribution in [0.2, 0.25) is 0 Å². The summed E-state index contributed by atoms with van der Waals surface area (Å²) in [5.41, 5.74) is 5.30. The minimum Gasteiger partial charge on any atom is -0.497 e. The molecule has 2 rings (SSSR count). The van der Waals surface area contributed by atoms with Gasteiger partial charge < -0.3 is 9.84 Å². The molecular formula is C14H16N2O4S. The Balaban J connectivity index is 1.97. The summed E-state index contributed by atoms with van der Waals surface area (Å²) in [6, 6.07) is 7.61. The van der Waals surface area contributed by atoms with E-state index in [0.717, 1.165) is 20.8 Å². The Kier molecular flexibility index (Phi) is 4.64. The normalized spacial score (nSPS) is 11.9. The van der Waals surface area contributed by atoms with Crippen LogP contribution in [0.25, 0.3) is 10.1 Å². The van der Waals surface area contributed by atoms with Gasteiger partial charge in [-0.3, -0.25) is 20.4 Å². The fourth-order valence-electron chi connectivity index (χ4n) is 1.76. The van der Waals surface area contributed by atoms with Gasteiger partial charge in [-0.2, -0.15) is 0 Å². The molecule has 3 N–H and O–H groups in total. The zero-order valence-electron chi connectivity index (χ0n) is 11.7. The maximum absolute atomic E-state index is 11.6. The number of hydrogen-bond acceptors (Lipinski definition) is 5. The first-order valence-corrected chi connectivity index (χ1v) is 7.16. The molecule has 1 amide bonds. The first kappa shape index (κ1) is 15.1. The van der Waals surface area contributed by atoms with Gasteiger partial charge in [-0.1, -0.05) is 6.92 Å². The average Bonchev–Trinajstić information content (AvgIpc) is 2.86. The smallest absolute Gasteiger partial charge is 0.306 e. The highest BCUT2D eigenvalue weighted by Crippen LogP contribution is 2.31. The number of benzene rings is 1. The maximum atomic E-state index is 11.6. The van der Waals surface area contributed by atoms with E-state index >= 15 is 0 Å². The number of hydrazine groups is 1. The molecule has 0 aliphatic carbocycles. The monoisotopic (exact) mass is 308 g/mol. The predicted molar refractivity (Wildman–Crippen MR) is 81.6 cm³/mol. The van der Waals surface area contributed by atoms with Crippen molar-refractivity contribution in [1.82, 2.24) is 5.43 Å². The van der Waals surface area contributed by atoms with E-state index in [4.69, 9.17) is 9.84 Å². The van der Waals surface area contributed by atoms with Crippen LogP contribution in [0, 0.1) is 5.92 Å². The van der Waals surface area contributed by atoms with Crippen molar-refractivity contribution in [3.8, 4) is 5.75 Å². The number of carboxylic acids is 1. The number of amides is 1. The molecule has 0 fully saturated rings. The highest BCUT2D eigenvalue weighted by atomic mass is 32.1. The number of ether oxygens (including phenoxy) is 1. The summed E-state index contributed by atoms with van der Waals surface area (Å²) in [5, 5.41) is 10.5. The van der Waals surface area contributed by atoms with Crippen LogP contribution in [-0.4, -0.2) is 24.1 Å². The van der Waals surface area contributed by atoms with Gasteiger partial charge in [0.25, 0.3) is 0 Å². The SMILES string of the molecule is COc1ccc2sc(NNC(=O)CC(C)C(=O)O)cc2c1. The number of hydrogen-bond donors (Lipinski definition) is 3. The van der Waals surface area contributed by atoms with Crippen molar-refractivity contribution in [2.75, 3.05) is 12.5 Å². The molecule has 1 atom stereocenters. The molecule has 0 saturated heterocycles. The number of carbonyl (C=O) groups is 2. The van der Waals surface area contributed by atoms with Crippen molar-refractivity contribution >= 4 is 38.3 Å². The standard InChI is InChI=1S/C14H16N2O4S/c1-8(14(18)19)5-12(17)15-16-13-7-9-6-10(20-2)3-4-11(9)21-13/h3-4,6-8,16H,5H2,1-2H3,(H,15,17)(H,18,19). The van der Waals surface area contributed by atoms with Crippen molar-refractivity contribution in [2.45, 2.75) is 13.3 Å². The molecule has 7 heteroatoms. The summed E-state index contributed by atoms with van der Waals surface area (Å²) in [5.74, 6) is -1.29. The van der Waals surface area contributed by atoms with Crippen molar-refractivity contribution in [1.29, 1.82) is 0 Å². The van der Waals surface area contributed by atoms with Gasteiger partial charge in [-0.25, -0.2) is 0 Å². The average molecular weight is 308 g/mol. The lowest BCUT2D eigenvalue weighted by molar-refractivity contribution is -0.143. The molecule has 6 nitrogen and oxygen atoms in total. The van der Waals surface area contributed by atoms with Crippen LogP contribution in [0.15, 0.2) is 24.3 Å². The number of fused-ring (bicyclic) bond motifs is 1. The Morgan fingerprint density at radius 2 is 2.14 bits per heavy atom. The molecule has 1 aromatic heterocycles. The molecular weight excluding hydrogens is 292 g/mol. The van der Waals surface area contributed by atoms with Gasteiger partial charge in [0, 0.05) is 11.1 Å². The lowest BCUT2D eigenvalue weighted by Crippen LogP contribution is -2.31. The van der Waals surface area contributed by atoms with Crippen LogP contribution in [0.1, 0.15) is 13.3 Å². The Morgan fingerprint density at radius 3 is 2.81 bits per heavy atom. The van der Waals surface area contributed by atoms with E-state index in [1.807, 2.05) is 24.3 Å². The number of carboxylic acid groups (broad SMARTS) is 1. The summed E-state index contributed by atoms with van der Waals surface area (Å²) >= 11 is 1.49. The van der Waals surface area contributed by atoms with Crippen LogP contribution < -0.4 is 15.6 Å². The van der Waals surface area contributed by atoms with Crippen molar-refractivity contribution in [3.05, 3.63) is 24.3 Å². The van der Waals surface area contributed by atoms with Gasteiger partial charge in [-0.05, 0) is 29.7 Å². The second-order valence-electron chi connectivity index (χ2n) is 4.63. The number of anilines is 1. The molecule has 0 saturated carbocycles. The Bertz CT molecular complexity index is 668. The Hall–Kier alpha value is -2.28. The predicted octanol–water partition coefficient (Wildman–Crippen LogP) is 2.46. The minimum absolute atomic E-state index is 0.0684. The summed E-state index contributed by atoms with van der Waals surface area (Å²) in [6.45, 7) is 1.49. The maximum Gasteiger partial charge on any atom is 0.306 e. The zero-order valence-corrected chi connectivity index (χ0v) is 12.5. The van der Waals surface area contributed by atoms with E-state index in [-0.39, 0.29) is 12.3 Å². The number of methoxy groups -OCH3 is 1. The largest absolute Gasteiger partial charge is 0.497 e. The molecule has 1 heterocycles. The molecule has 0 aliphatic rings.